The molecule has 0 aromatic heterocycles. The van der Waals surface area contributed by atoms with Gasteiger partial charge in [-0.25, -0.2) is 0 Å². The van der Waals surface area contributed by atoms with Crippen molar-refractivity contribution in [2.45, 2.75) is 26.7 Å². The average molecular weight is 139 g/mol. The SMILES string of the molecule is CC(C)C(=CC1CC1)CN. The Morgan fingerprint density at radius 3 is 2.50 bits per heavy atom. The third-order valence-corrected chi connectivity index (χ3v) is 2.05. The van der Waals surface area contributed by atoms with Gasteiger partial charge in [-0.2, -0.15) is 0 Å². The molecule has 0 unspecified atom stereocenters. The van der Waals surface area contributed by atoms with Gasteiger partial charge in [-0.15, -0.1) is 0 Å². The monoisotopic (exact) mass is 139 g/mol. The van der Waals surface area contributed by atoms with E-state index in [1.165, 1.54) is 18.4 Å². The average Bonchev–Trinajstić information content (AvgIpc) is 2.64. The maximum Gasteiger partial charge on any atom is 0.0139 e. The fourth-order valence-corrected chi connectivity index (χ4v) is 1.06. The molecule has 0 aromatic carbocycles. The van der Waals surface area contributed by atoms with E-state index in [1.54, 1.807) is 0 Å². The molecule has 0 radical (unpaired) electrons. The van der Waals surface area contributed by atoms with Crippen LogP contribution in [0.4, 0.5) is 0 Å². The number of rotatable bonds is 3. The minimum absolute atomic E-state index is 0.644. The molecule has 2 N–H and O–H groups in total. The second-order valence-electron chi connectivity index (χ2n) is 3.44. The van der Waals surface area contributed by atoms with E-state index in [4.69, 9.17) is 5.73 Å². The second kappa shape index (κ2) is 3.20. The lowest BCUT2D eigenvalue weighted by atomic mass is 10.0. The van der Waals surface area contributed by atoms with Gasteiger partial charge in [0.2, 0.25) is 0 Å². The summed E-state index contributed by atoms with van der Waals surface area (Å²) in [6.45, 7) is 5.16. The molecule has 0 bridgehead atoms. The zero-order valence-electron chi connectivity index (χ0n) is 6.93. The van der Waals surface area contributed by atoms with E-state index in [0.29, 0.717) is 5.92 Å². The number of hydrogen-bond donors (Lipinski definition) is 1. The van der Waals surface area contributed by atoms with Crippen LogP contribution in [0.2, 0.25) is 0 Å². The predicted molar refractivity (Wildman–Crippen MR) is 44.7 cm³/mol. The first-order valence-corrected chi connectivity index (χ1v) is 4.14. The summed E-state index contributed by atoms with van der Waals surface area (Å²) < 4.78 is 0. The summed E-state index contributed by atoms with van der Waals surface area (Å²) in [6, 6.07) is 0. The van der Waals surface area contributed by atoms with Gasteiger partial charge in [0.1, 0.15) is 0 Å². The van der Waals surface area contributed by atoms with Crippen LogP contribution in [0.3, 0.4) is 0 Å². The third-order valence-electron chi connectivity index (χ3n) is 2.05. The Labute approximate surface area is 63.3 Å². The van der Waals surface area contributed by atoms with Crippen LogP contribution < -0.4 is 5.73 Å². The molecule has 1 fully saturated rings. The molecule has 0 aliphatic heterocycles. The normalized spacial score (nSPS) is 20.2. The molecule has 0 aromatic rings. The molecule has 0 amide bonds. The molecule has 1 saturated carbocycles. The number of nitrogens with two attached hydrogens (primary N) is 1. The van der Waals surface area contributed by atoms with Crippen molar-refractivity contribution in [2.75, 3.05) is 6.54 Å². The van der Waals surface area contributed by atoms with Gasteiger partial charge in [0, 0.05) is 6.54 Å². The van der Waals surface area contributed by atoms with Crippen LogP contribution in [0.5, 0.6) is 0 Å². The molecule has 1 aliphatic rings. The van der Waals surface area contributed by atoms with Crippen molar-refractivity contribution < 1.29 is 0 Å². The van der Waals surface area contributed by atoms with Gasteiger partial charge < -0.3 is 5.73 Å². The van der Waals surface area contributed by atoms with Gasteiger partial charge in [0.25, 0.3) is 0 Å². The first kappa shape index (κ1) is 7.80. The highest BCUT2D eigenvalue weighted by atomic mass is 14.5. The Morgan fingerprint density at radius 2 is 2.20 bits per heavy atom. The highest BCUT2D eigenvalue weighted by molar-refractivity contribution is 5.11. The van der Waals surface area contributed by atoms with Crippen LogP contribution in [0, 0.1) is 11.8 Å². The highest BCUT2D eigenvalue weighted by Crippen LogP contribution is 2.32. The van der Waals surface area contributed by atoms with E-state index in [2.05, 4.69) is 19.9 Å². The summed E-state index contributed by atoms with van der Waals surface area (Å²) in [5.74, 6) is 1.52. The summed E-state index contributed by atoms with van der Waals surface area (Å²) in [5.41, 5.74) is 7.01. The van der Waals surface area contributed by atoms with Crippen molar-refractivity contribution >= 4 is 0 Å². The van der Waals surface area contributed by atoms with E-state index >= 15 is 0 Å². The van der Waals surface area contributed by atoms with Crippen LogP contribution in [0.15, 0.2) is 11.6 Å². The summed E-state index contributed by atoms with van der Waals surface area (Å²) in [6.07, 6.45) is 5.14. The van der Waals surface area contributed by atoms with E-state index in [-0.39, 0.29) is 0 Å². The van der Waals surface area contributed by atoms with Crippen LogP contribution in [-0.4, -0.2) is 6.54 Å². The van der Waals surface area contributed by atoms with Gasteiger partial charge in [0.15, 0.2) is 0 Å². The molecule has 1 nitrogen and oxygen atoms in total. The van der Waals surface area contributed by atoms with Crippen LogP contribution in [-0.2, 0) is 0 Å². The zero-order chi connectivity index (χ0) is 7.56. The summed E-state index contributed by atoms with van der Waals surface area (Å²) in [5, 5.41) is 0. The van der Waals surface area contributed by atoms with Gasteiger partial charge in [-0.3, -0.25) is 0 Å². The van der Waals surface area contributed by atoms with Gasteiger partial charge in [-0.05, 0) is 24.7 Å². The lowest BCUT2D eigenvalue weighted by molar-refractivity contribution is 0.735. The third kappa shape index (κ3) is 2.14. The van der Waals surface area contributed by atoms with E-state index in [9.17, 15) is 0 Å². The van der Waals surface area contributed by atoms with E-state index in [1.807, 2.05) is 0 Å². The Hall–Kier alpha value is -0.300. The quantitative estimate of drug-likeness (QED) is 0.594. The standard InChI is InChI=1S/C9H17N/c1-7(2)9(6-10)5-8-3-4-8/h5,7-8H,3-4,6,10H2,1-2H3. The molecule has 0 heterocycles. The minimum atomic E-state index is 0.644. The molecule has 58 valence electrons. The molecule has 0 saturated heterocycles. The van der Waals surface area contributed by atoms with Crippen LogP contribution in [0.25, 0.3) is 0 Å². The fourth-order valence-electron chi connectivity index (χ4n) is 1.06. The largest absolute Gasteiger partial charge is 0.327 e. The van der Waals surface area contributed by atoms with Crippen molar-refractivity contribution in [1.82, 2.24) is 0 Å². The van der Waals surface area contributed by atoms with Gasteiger partial charge >= 0.3 is 0 Å². The summed E-state index contributed by atoms with van der Waals surface area (Å²) in [7, 11) is 0. The fraction of sp³-hybridized carbons (Fsp3) is 0.778. The molecular weight excluding hydrogens is 122 g/mol. The van der Waals surface area contributed by atoms with E-state index < -0.39 is 0 Å². The molecule has 1 heteroatoms. The molecule has 0 spiro atoms. The topological polar surface area (TPSA) is 26.0 Å². The van der Waals surface area contributed by atoms with Crippen molar-refractivity contribution in [3.8, 4) is 0 Å². The lowest BCUT2D eigenvalue weighted by Gasteiger charge is -2.07. The molecule has 10 heavy (non-hydrogen) atoms. The van der Waals surface area contributed by atoms with Gasteiger partial charge in [-0.1, -0.05) is 25.5 Å². The smallest absolute Gasteiger partial charge is 0.0139 e. The first-order valence-electron chi connectivity index (χ1n) is 4.14. The lowest BCUT2D eigenvalue weighted by Crippen LogP contribution is -2.08. The zero-order valence-corrected chi connectivity index (χ0v) is 6.93. The second-order valence-corrected chi connectivity index (χ2v) is 3.44. The van der Waals surface area contributed by atoms with E-state index in [0.717, 1.165) is 12.5 Å². The van der Waals surface area contributed by atoms with Gasteiger partial charge in [0.05, 0.1) is 0 Å². The maximum atomic E-state index is 5.58. The molecule has 1 aliphatic carbocycles. The Kier molecular flexibility index (Phi) is 2.50. The highest BCUT2D eigenvalue weighted by Gasteiger charge is 2.19. The molecule has 0 atom stereocenters. The van der Waals surface area contributed by atoms with Crippen molar-refractivity contribution in [2.24, 2.45) is 17.6 Å². The van der Waals surface area contributed by atoms with Crippen LogP contribution in [0.1, 0.15) is 26.7 Å². The van der Waals surface area contributed by atoms with Crippen molar-refractivity contribution in [3.05, 3.63) is 11.6 Å². The Morgan fingerprint density at radius 1 is 1.60 bits per heavy atom. The minimum Gasteiger partial charge on any atom is -0.327 e. The predicted octanol–water partition coefficient (Wildman–Crippen LogP) is 1.94. The van der Waals surface area contributed by atoms with Crippen molar-refractivity contribution in [1.29, 1.82) is 0 Å². The first-order chi connectivity index (χ1) is 4.74. The van der Waals surface area contributed by atoms with Crippen LogP contribution >= 0.6 is 0 Å². The Balaban J connectivity index is 2.44. The Bertz CT molecular complexity index is 132. The molecular formula is C9H17N. The summed E-state index contributed by atoms with van der Waals surface area (Å²) in [4.78, 5) is 0. The number of allylic oxidation sites excluding steroid dienone is 1. The molecule has 1 rings (SSSR count). The van der Waals surface area contributed by atoms with Crippen molar-refractivity contribution in [3.63, 3.8) is 0 Å². The number of hydrogen-bond acceptors (Lipinski definition) is 1. The summed E-state index contributed by atoms with van der Waals surface area (Å²) >= 11 is 0. The maximum absolute atomic E-state index is 5.58.